The van der Waals surface area contributed by atoms with Crippen LogP contribution >= 0.6 is 15.9 Å². The first kappa shape index (κ1) is 12.1. The molecule has 2 atom stereocenters. The van der Waals surface area contributed by atoms with E-state index < -0.39 is 0 Å². The summed E-state index contributed by atoms with van der Waals surface area (Å²) in [5, 5.41) is 0. The maximum atomic E-state index is 5.95. The van der Waals surface area contributed by atoms with Crippen molar-refractivity contribution in [3.63, 3.8) is 0 Å². The average molecular weight is 284 g/mol. The Hall–Kier alpha value is -0.380. The van der Waals surface area contributed by atoms with Gasteiger partial charge in [-0.2, -0.15) is 0 Å². The highest BCUT2D eigenvalue weighted by Crippen LogP contribution is 2.37. The molecule has 1 aliphatic heterocycles. The van der Waals surface area contributed by atoms with Crippen LogP contribution in [0.2, 0.25) is 0 Å². The molecule has 1 aliphatic rings. The number of benzene rings is 1. The predicted octanol–water partition coefficient (Wildman–Crippen LogP) is 2.75. The van der Waals surface area contributed by atoms with Crippen LogP contribution in [0.4, 0.5) is 0 Å². The summed E-state index contributed by atoms with van der Waals surface area (Å²) < 4.78 is 6.80. The van der Waals surface area contributed by atoms with Crippen molar-refractivity contribution in [3.05, 3.63) is 34.3 Å². The Morgan fingerprint density at radius 2 is 2.38 bits per heavy atom. The van der Waals surface area contributed by atoms with Crippen molar-refractivity contribution >= 4 is 15.9 Å². The third kappa shape index (κ3) is 2.31. The molecule has 1 fully saturated rings. The van der Waals surface area contributed by atoms with E-state index in [4.69, 9.17) is 10.5 Å². The van der Waals surface area contributed by atoms with Crippen LogP contribution in [0.3, 0.4) is 0 Å². The predicted molar refractivity (Wildman–Crippen MR) is 69.4 cm³/mol. The lowest BCUT2D eigenvalue weighted by molar-refractivity contribution is 0.0673. The van der Waals surface area contributed by atoms with Crippen molar-refractivity contribution < 1.29 is 4.74 Å². The molecule has 2 unspecified atom stereocenters. The molecule has 1 aromatic rings. The van der Waals surface area contributed by atoms with Crippen LogP contribution in [0.15, 0.2) is 28.7 Å². The molecule has 0 radical (unpaired) electrons. The maximum absolute atomic E-state index is 5.95. The Labute approximate surface area is 105 Å². The summed E-state index contributed by atoms with van der Waals surface area (Å²) in [6, 6.07) is 8.45. The van der Waals surface area contributed by atoms with Crippen LogP contribution in [0, 0.1) is 5.41 Å². The zero-order valence-corrected chi connectivity index (χ0v) is 11.2. The molecule has 1 heterocycles. The van der Waals surface area contributed by atoms with E-state index in [1.807, 2.05) is 6.07 Å². The quantitative estimate of drug-likeness (QED) is 0.926. The first-order valence-electron chi connectivity index (χ1n) is 5.72. The van der Waals surface area contributed by atoms with E-state index in [9.17, 15) is 0 Å². The number of nitrogens with two attached hydrogens (primary N) is 1. The molecular formula is C13H18BrNO. The third-order valence-corrected chi connectivity index (χ3v) is 4.18. The molecule has 88 valence electrons. The molecule has 1 saturated heterocycles. The second-order valence-corrected chi connectivity index (χ2v) is 5.55. The monoisotopic (exact) mass is 283 g/mol. The summed E-state index contributed by atoms with van der Waals surface area (Å²) in [6.07, 6.45) is 2.33. The van der Waals surface area contributed by atoms with E-state index in [-0.39, 0.29) is 11.5 Å². The fraction of sp³-hybridized carbons (Fsp3) is 0.538. The first-order chi connectivity index (χ1) is 7.66. The third-order valence-electron chi connectivity index (χ3n) is 3.68. The van der Waals surface area contributed by atoms with Gasteiger partial charge in [0.1, 0.15) is 0 Å². The van der Waals surface area contributed by atoms with Gasteiger partial charge in [0.2, 0.25) is 0 Å². The minimum Gasteiger partial charge on any atom is -0.378 e. The zero-order chi connectivity index (χ0) is 11.6. The molecule has 3 heteroatoms. The van der Waals surface area contributed by atoms with Gasteiger partial charge in [0.15, 0.2) is 0 Å². The van der Waals surface area contributed by atoms with Crippen LogP contribution in [0.25, 0.3) is 0 Å². The number of hydrogen-bond acceptors (Lipinski definition) is 2. The van der Waals surface area contributed by atoms with Crippen molar-refractivity contribution in [2.45, 2.75) is 25.9 Å². The standard InChI is InChI=1S/C13H18BrNO/c1-10-13(9-15,5-6-16-10)8-11-3-2-4-12(14)7-11/h2-4,7,10H,5-6,8-9,15H2,1H3. The van der Waals surface area contributed by atoms with Gasteiger partial charge in [0.25, 0.3) is 0 Å². The smallest absolute Gasteiger partial charge is 0.0619 e. The summed E-state index contributed by atoms with van der Waals surface area (Å²) in [5.41, 5.74) is 7.41. The van der Waals surface area contributed by atoms with E-state index in [2.05, 4.69) is 41.1 Å². The van der Waals surface area contributed by atoms with Gasteiger partial charge in [0.05, 0.1) is 6.10 Å². The second kappa shape index (κ2) is 4.86. The Kier molecular flexibility index (Phi) is 3.67. The lowest BCUT2D eigenvalue weighted by Gasteiger charge is -2.30. The lowest BCUT2D eigenvalue weighted by atomic mass is 9.76. The zero-order valence-electron chi connectivity index (χ0n) is 9.58. The molecule has 2 rings (SSSR count). The van der Waals surface area contributed by atoms with Crippen LogP contribution in [-0.2, 0) is 11.2 Å². The molecular weight excluding hydrogens is 266 g/mol. The van der Waals surface area contributed by atoms with Crippen LogP contribution in [-0.4, -0.2) is 19.3 Å². The first-order valence-corrected chi connectivity index (χ1v) is 6.52. The minimum atomic E-state index is 0.126. The summed E-state index contributed by atoms with van der Waals surface area (Å²) in [7, 11) is 0. The SMILES string of the molecule is CC1OCCC1(CN)Cc1cccc(Br)c1. The highest BCUT2D eigenvalue weighted by Gasteiger charge is 2.40. The summed E-state index contributed by atoms with van der Waals surface area (Å²) >= 11 is 3.50. The van der Waals surface area contributed by atoms with Crippen molar-refractivity contribution in [2.24, 2.45) is 11.1 Å². The molecule has 2 N–H and O–H groups in total. The molecule has 0 aliphatic carbocycles. The van der Waals surface area contributed by atoms with Gasteiger partial charge in [0, 0.05) is 23.0 Å². The number of ether oxygens (including phenoxy) is 1. The highest BCUT2D eigenvalue weighted by molar-refractivity contribution is 9.10. The van der Waals surface area contributed by atoms with Crippen molar-refractivity contribution in [1.29, 1.82) is 0 Å². The Morgan fingerprint density at radius 1 is 1.56 bits per heavy atom. The van der Waals surface area contributed by atoms with E-state index >= 15 is 0 Å². The fourth-order valence-electron chi connectivity index (χ4n) is 2.44. The van der Waals surface area contributed by atoms with Crippen molar-refractivity contribution in [1.82, 2.24) is 0 Å². The molecule has 2 nitrogen and oxygen atoms in total. The minimum absolute atomic E-state index is 0.126. The van der Waals surface area contributed by atoms with Gasteiger partial charge in [-0.05, 0) is 37.5 Å². The molecule has 0 spiro atoms. The van der Waals surface area contributed by atoms with Gasteiger partial charge in [-0.25, -0.2) is 0 Å². The van der Waals surface area contributed by atoms with Gasteiger partial charge in [-0.3, -0.25) is 0 Å². The fourth-order valence-corrected chi connectivity index (χ4v) is 2.89. The Morgan fingerprint density at radius 3 is 2.94 bits per heavy atom. The molecule has 0 amide bonds. The Balaban J connectivity index is 2.18. The normalized spacial score (nSPS) is 29.6. The van der Waals surface area contributed by atoms with E-state index in [0.717, 1.165) is 23.9 Å². The second-order valence-electron chi connectivity index (χ2n) is 4.64. The largest absolute Gasteiger partial charge is 0.378 e. The molecule has 1 aromatic carbocycles. The van der Waals surface area contributed by atoms with Crippen molar-refractivity contribution in [3.8, 4) is 0 Å². The highest BCUT2D eigenvalue weighted by atomic mass is 79.9. The summed E-state index contributed by atoms with van der Waals surface area (Å²) in [4.78, 5) is 0. The summed E-state index contributed by atoms with van der Waals surface area (Å²) in [6.45, 7) is 3.67. The summed E-state index contributed by atoms with van der Waals surface area (Å²) in [5.74, 6) is 0. The van der Waals surface area contributed by atoms with Crippen molar-refractivity contribution in [2.75, 3.05) is 13.2 Å². The van der Waals surface area contributed by atoms with Gasteiger partial charge >= 0.3 is 0 Å². The van der Waals surface area contributed by atoms with E-state index in [1.165, 1.54) is 5.56 Å². The number of halogens is 1. The van der Waals surface area contributed by atoms with Gasteiger partial charge in [-0.15, -0.1) is 0 Å². The molecule has 0 bridgehead atoms. The average Bonchev–Trinajstić information content (AvgIpc) is 2.61. The number of rotatable bonds is 3. The van der Waals surface area contributed by atoms with Crippen LogP contribution < -0.4 is 5.73 Å². The maximum Gasteiger partial charge on any atom is 0.0619 e. The molecule has 0 saturated carbocycles. The van der Waals surface area contributed by atoms with Gasteiger partial charge in [-0.1, -0.05) is 28.1 Å². The van der Waals surface area contributed by atoms with Gasteiger partial charge < -0.3 is 10.5 Å². The Bertz CT molecular complexity index is 369. The lowest BCUT2D eigenvalue weighted by Crippen LogP contribution is -2.38. The molecule has 16 heavy (non-hydrogen) atoms. The number of hydrogen-bond donors (Lipinski definition) is 1. The van der Waals surface area contributed by atoms with E-state index in [0.29, 0.717) is 6.54 Å². The topological polar surface area (TPSA) is 35.2 Å². The van der Waals surface area contributed by atoms with Crippen LogP contribution in [0.1, 0.15) is 18.9 Å². The van der Waals surface area contributed by atoms with Crippen LogP contribution in [0.5, 0.6) is 0 Å². The van der Waals surface area contributed by atoms with E-state index in [1.54, 1.807) is 0 Å². The molecule has 0 aromatic heterocycles.